The summed E-state index contributed by atoms with van der Waals surface area (Å²) >= 11 is 0. The average Bonchev–Trinajstić information content (AvgIpc) is 2.49. The van der Waals surface area contributed by atoms with E-state index in [9.17, 15) is 18.4 Å². The van der Waals surface area contributed by atoms with Crippen molar-refractivity contribution in [2.75, 3.05) is 13.6 Å². The third-order valence-electron chi connectivity index (χ3n) is 4.05. The highest BCUT2D eigenvalue weighted by Gasteiger charge is 2.23. The largest absolute Gasteiger partial charge is 0.480 e. The van der Waals surface area contributed by atoms with Crippen molar-refractivity contribution >= 4 is 11.9 Å². The molecule has 0 aliphatic carbocycles. The van der Waals surface area contributed by atoms with Crippen LogP contribution in [0.1, 0.15) is 32.8 Å². The second-order valence-corrected chi connectivity index (χ2v) is 6.76. The Morgan fingerprint density at radius 2 is 1.76 bits per heavy atom. The number of likely N-dealkylation sites (N-methyl/N-ethyl adjacent to an activating group) is 1. The van der Waals surface area contributed by atoms with Crippen molar-refractivity contribution in [3.05, 3.63) is 35.4 Å². The summed E-state index contributed by atoms with van der Waals surface area (Å²) in [5.41, 5.74) is -0.0227. The van der Waals surface area contributed by atoms with Crippen LogP contribution in [0.25, 0.3) is 0 Å². The maximum Gasteiger partial charge on any atom is 0.326 e. The molecule has 0 spiro atoms. The molecule has 1 aromatic carbocycles. The van der Waals surface area contributed by atoms with Crippen molar-refractivity contribution in [1.29, 1.82) is 0 Å². The van der Waals surface area contributed by atoms with Crippen LogP contribution in [-0.4, -0.2) is 47.6 Å². The van der Waals surface area contributed by atoms with Gasteiger partial charge < -0.3 is 10.4 Å². The lowest BCUT2D eigenvalue weighted by Gasteiger charge is -2.25. The van der Waals surface area contributed by atoms with Crippen LogP contribution < -0.4 is 5.32 Å². The van der Waals surface area contributed by atoms with Crippen LogP contribution in [0.2, 0.25) is 0 Å². The highest BCUT2D eigenvalue weighted by molar-refractivity contribution is 5.84. The topological polar surface area (TPSA) is 69.6 Å². The van der Waals surface area contributed by atoms with Gasteiger partial charge in [0.25, 0.3) is 0 Å². The first-order valence-electron chi connectivity index (χ1n) is 8.27. The Balaban J connectivity index is 2.63. The van der Waals surface area contributed by atoms with Crippen LogP contribution in [0.3, 0.4) is 0 Å². The first-order valence-corrected chi connectivity index (χ1v) is 8.27. The molecule has 0 aromatic heterocycles. The quantitative estimate of drug-likeness (QED) is 0.713. The fourth-order valence-electron chi connectivity index (χ4n) is 2.49. The molecule has 0 heterocycles. The number of hydrogen-bond donors (Lipinski definition) is 2. The lowest BCUT2D eigenvalue weighted by Crippen LogP contribution is -2.47. The summed E-state index contributed by atoms with van der Waals surface area (Å²) in [6.07, 6.45) is 0.442. The number of halogens is 2. The zero-order valence-electron chi connectivity index (χ0n) is 15.1. The van der Waals surface area contributed by atoms with Gasteiger partial charge in [0.05, 0.1) is 6.54 Å². The molecule has 25 heavy (non-hydrogen) atoms. The van der Waals surface area contributed by atoms with Gasteiger partial charge in [-0.05, 0) is 44.9 Å². The summed E-state index contributed by atoms with van der Waals surface area (Å²) in [6, 6.07) is 2.45. The number of benzene rings is 1. The standard InChI is InChI=1S/C18H26F2N2O3/c1-11(2)8-16(18(24)25)21-17(23)10-22(4)12(3)9-13-14(19)6-5-7-15(13)20/h5-7,11-12,16H,8-10H2,1-4H3,(H,21,23)(H,24,25)/t12-,16-/m0/s1. The van der Waals surface area contributed by atoms with Gasteiger partial charge in [-0.2, -0.15) is 0 Å². The molecular formula is C18H26F2N2O3. The fourth-order valence-corrected chi connectivity index (χ4v) is 2.49. The zero-order chi connectivity index (χ0) is 19.1. The Bertz CT molecular complexity index is 588. The van der Waals surface area contributed by atoms with Crippen LogP contribution in [0.5, 0.6) is 0 Å². The Hall–Kier alpha value is -2.02. The lowest BCUT2D eigenvalue weighted by atomic mass is 10.0. The van der Waals surface area contributed by atoms with E-state index >= 15 is 0 Å². The van der Waals surface area contributed by atoms with E-state index in [4.69, 9.17) is 5.11 Å². The number of carboxylic acids is 1. The van der Waals surface area contributed by atoms with E-state index in [0.717, 1.165) is 0 Å². The van der Waals surface area contributed by atoms with E-state index in [0.29, 0.717) is 6.42 Å². The van der Waals surface area contributed by atoms with Gasteiger partial charge in [-0.25, -0.2) is 13.6 Å². The second-order valence-electron chi connectivity index (χ2n) is 6.76. The minimum absolute atomic E-state index is 0.0227. The zero-order valence-corrected chi connectivity index (χ0v) is 15.1. The van der Waals surface area contributed by atoms with Gasteiger partial charge in [-0.3, -0.25) is 9.69 Å². The van der Waals surface area contributed by atoms with E-state index in [1.54, 1.807) is 18.9 Å². The van der Waals surface area contributed by atoms with E-state index < -0.39 is 29.6 Å². The summed E-state index contributed by atoms with van der Waals surface area (Å²) in [6.45, 7) is 5.44. The highest BCUT2D eigenvalue weighted by Crippen LogP contribution is 2.16. The molecule has 0 saturated heterocycles. The smallest absolute Gasteiger partial charge is 0.326 e. The highest BCUT2D eigenvalue weighted by atomic mass is 19.1. The number of carbonyl (C=O) groups excluding carboxylic acids is 1. The molecule has 0 aliphatic rings. The summed E-state index contributed by atoms with van der Waals surface area (Å²) < 4.78 is 27.4. The van der Waals surface area contributed by atoms with Crippen molar-refractivity contribution < 1.29 is 23.5 Å². The Kier molecular flexibility index (Phi) is 7.96. The molecule has 0 bridgehead atoms. The molecule has 5 nitrogen and oxygen atoms in total. The third kappa shape index (κ3) is 6.78. The maximum atomic E-state index is 13.7. The second kappa shape index (κ2) is 9.46. The molecular weight excluding hydrogens is 330 g/mol. The van der Waals surface area contributed by atoms with Crippen molar-refractivity contribution in [3.63, 3.8) is 0 Å². The van der Waals surface area contributed by atoms with E-state index in [1.165, 1.54) is 18.2 Å². The maximum absolute atomic E-state index is 13.7. The SMILES string of the molecule is CC(C)C[C@H](NC(=O)CN(C)[C@@H](C)Cc1c(F)cccc1F)C(=O)O. The van der Waals surface area contributed by atoms with Crippen LogP contribution in [0.15, 0.2) is 18.2 Å². The number of carboxylic acid groups (broad SMARTS) is 1. The Labute approximate surface area is 147 Å². The molecule has 2 N–H and O–H groups in total. The van der Waals surface area contributed by atoms with Crippen LogP contribution in [-0.2, 0) is 16.0 Å². The summed E-state index contributed by atoms with van der Waals surface area (Å²) in [7, 11) is 1.65. The molecule has 140 valence electrons. The molecule has 0 fully saturated rings. The summed E-state index contributed by atoms with van der Waals surface area (Å²) in [5.74, 6) is -2.62. The predicted molar refractivity (Wildman–Crippen MR) is 91.2 cm³/mol. The number of carbonyl (C=O) groups is 2. The monoisotopic (exact) mass is 356 g/mol. The van der Waals surface area contributed by atoms with Crippen LogP contribution >= 0.6 is 0 Å². The van der Waals surface area contributed by atoms with Crippen molar-refractivity contribution in [2.24, 2.45) is 5.92 Å². The number of hydrogen-bond acceptors (Lipinski definition) is 3. The molecule has 1 rings (SSSR count). The van der Waals surface area contributed by atoms with Gasteiger partial charge in [0.2, 0.25) is 5.91 Å². The molecule has 2 atom stereocenters. The van der Waals surface area contributed by atoms with Gasteiger partial charge in [0, 0.05) is 11.6 Å². The number of aliphatic carboxylic acids is 1. The van der Waals surface area contributed by atoms with E-state index in [2.05, 4.69) is 5.32 Å². The summed E-state index contributed by atoms with van der Waals surface area (Å²) in [5, 5.41) is 11.7. The van der Waals surface area contributed by atoms with Gasteiger partial charge in [0.1, 0.15) is 17.7 Å². The van der Waals surface area contributed by atoms with Gasteiger partial charge in [-0.1, -0.05) is 19.9 Å². The molecule has 1 amide bonds. The van der Waals surface area contributed by atoms with Crippen LogP contribution in [0.4, 0.5) is 8.78 Å². The molecule has 7 heteroatoms. The molecule has 0 saturated carbocycles. The normalized spacial score (nSPS) is 13.8. The molecule has 0 unspecified atom stereocenters. The lowest BCUT2D eigenvalue weighted by molar-refractivity contribution is -0.142. The fraction of sp³-hybridized carbons (Fsp3) is 0.556. The molecule has 0 radical (unpaired) electrons. The van der Waals surface area contributed by atoms with Crippen molar-refractivity contribution in [1.82, 2.24) is 10.2 Å². The van der Waals surface area contributed by atoms with Gasteiger partial charge in [0.15, 0.2) is 0 Å². The van der Waals surface area contributed by atoms with Crippen molar-refractivity contribution in [3.8, 4) is 0 Å². The van der Waals surface area contributed by atoms with Gasteiger partial charge >= 0.3 is 5.97 Å². The number of nitrogens with one attached hydrogen (secondary N) is 1. The van der Waals surface area contributed by atoms with Crippen molar-refractivity contribution in [2.45, 2.75) is 45.7 Å². The van der Waals surface area contributed by atoms with E-state index in [1.807, 2.05) is 13.8 Å². The van der Waals surface area contributed by atoms with E-state index in [-0.39, 0.29) is 30.5 Å². The first kappa shape index (κ1) is 21.0. The molecule has 0 aliphatic heterocycles. The number of rotatable bonds is 9. The molecule has 1 aromatic rings. The Morgan fingerprint density at radius 3 is 2.24 bits per heavy atom. The Morgan fingerprint density at radius 1 is 1.20 bits per heavy atom. The predicted octanol–water partition coefficient (Wildman–Crippen LogP) is 2.44. The number of nitrogens with zero attached hydrogens (tertiary/aromatic N) is 1. The summed E-state index contributed by atoms with van der Waals surface area (Å²) in [4.78, 5) is 24.9. The van der Waals surface area contributed by atoms with Crippen LogP contribution in [0, 0.1) is 17.6 Å². The third-order valence-corrected chi connectivity index (χ3v) is 4.05. The average molecular weight is 356 g/mol. The number of amides is 1. The minimum atomic E-state index is -1.08. The minimum Gasteiger partial charge on any atom is -0.480 e. The van der Waals surface area contributed by atoms with Gasteiger partial charge in [-0.15, -0.1) is 0 Å². The first-order chi connectivity index (χ1) is 11.6.